The molecule has 18 heavy (non-hydrogen) atoms. The van der Waals surface area contributed by atoms with E-state index in [9.17, 15) is 4.79 Å². The first-order chi connectivity index (χ1) is 8.66. The topological polar surface area (TPSA) is 46.3 Å². The molecule has 0 atom stereocenters. The van der Waals surface area contributed by atoms with E-state index in [-0.39, 0.29) is 5.91 Å². The molecule has 1 aliphatic heterocycles. The first kappa shape index (κ1) is 11.1. The van der Waals surface area contributed by atoms with Crippen LogP contribution in [0.25, 0.3) is 0 Å². The van der Waals surface area contributed by atoms with E-state index in [0.29, 0.717) is 22.8 Å². The predicted octanol–water partition coefficient (Wildman–Crippen LogP) is 3.08. The Morgan fingerprint density at radius 3 is 2.72 bits per heavy atom. The average Bonchev–Trinajstić information content (AvgIpc) is 2.68. The first-order valence-corrected chi connectivity index (χ1v) is 5.99. The predicted molar refractivity (Wildman–Crippen MR) is 72.8 cm³/mol. The molecule has 0 spiro atoms. The average molecular weight is 259 g/mol. The summed E-state index contributed by atoms with van der Waals surface area (Å²) in [5.74, 6) is -0.0506. The van der Waals surface area contributed by atoms with Crippen LogP contribution in [0.5, 0.6) is 0 Å². The van der Waals surface area contributed by atoms with Crippen molar-refractivity contribution in [2.75, 3.05) is 10.6 Å². The van der Waals surface area contributed by atoms with E-state index < -0.39 is 0 Å². The highest BCUT2D eigenvalue weighted by Crippen LogP contribution is 2.33. The Morgan fingerprint density at radius 2 is 1.94 bits per heavy atom. The van der Waals surface area contributed by atoms with E-state index in [2.05, 4.69) is 0 Å². The maximum absolute atomic E-state index is 12.3. The molecule has 0 radical (unpaired) electrons. The summed E-state index contributed by atoms with van der Waals surface area (Å²) < 4.78 is 0. The Morgan fingerprint density at radius 1 is 1.17 bits per heavy atom. The van der Waals surface area contributed by atoms with E-state index in [1.165, 1.54) is 0 Å². The smallest absolute Gasteiger partial charge is 0.259 e. The summed E-state index contributed by atoms with van der Waals surface area (Å²) in [6, 6.07) is 12.7. The van der Waals surface area contributed by atoms with Crippen LogP contribution in [0.2, 0.25) is 5.02 Å². The van der Waals surface area contributed by atoms with Gasteiger partial charge in [0.25, 0.3) is 5.91 Å². The molecule has 1 aliphatic rings. The van der Waals surface area contributed by atoms with Crippen molar-refractivity contribution < 1.29 is 4.79 Å². The molecule has 3 nitrogen and oxygen atoms in total. The largest absolute Gasteiger partial charge is 0.399 e. The van der Waals surface area contributed by atoms with Crippen LogP contribution in [0.4, 0.5) is 11.4 Å². The number of hydrogen-bond acceptors (Lipinski definition) is 2. The number of benzene rings is 2. The van der Waals surface area contributed by atoms with Crippen molar-refractivity contribution in [3.63, 3.8) is 0 Å². The fourth-order valence-electron chi connectivity index (χ4n) is 2.18. The lowest BCUT2D eigenvalue weighted by Gasteiger charge is -2.16. The molecular formula is C14H11ClN2O. The third-order valence-corrected chi connectivity index (χ3v) is 3.40. The number of carbonyl (C=O) groups is 1. The highest BCUT2D eigenvalue weighted by Gasteiger charge is 2.29. The zero-order chi connectivity index (χ0) is 12.7. The minimum Gasteiger partial charge on any atom is -0.399 e. The van der Waals surface area contributed by atoms with Gasteiger partial charge in [0.05, 0.1) is 17.3 Å². The Hall–Kier alpha value is -2.00. The van der Waals surface area contributed by atoms with E-state index >= 15 is 0 Å². The Balaban J connectivity index is 2.05. The number of nitrogen functional groups attached to an aromatic ring is 1. The molecule has 0 aromatic heterocycles. The van der Waals surface area contributed by atoms with Crippen molar-refractivity contribution in [1.29, 1.82) is 0 Å². The third kappa shape index (κ3) is 1.64. The molecule has 2 aromatic rings. The van der Waals surface area contributed by atoms with Gasteiger partial charge in [0.15, 0.2) is 0 Å². The van der Waals surface area contributed by atoms with Gasteiger partial charge in [-0.25, -0.2) is 0 Å². The number of para-hydroxylation sites is 1. The number of amides is 1. The molecule has 0 saturated carbocycles. The number of hydrogen-bond donors (Lipinski definition) is 1. The summed E-state index contributed by atoms with van der Waals surface area (Å²) in [5, 5.41) is 0.576. The van der Waals surface area contributed by atoms with Crippen LogP contribution < -0.4 is 10.6 Å². The molecule has 2 N–H and O–H groups in total. The lowest BCUT2D eigenvalue weighted by molar-refractivity contribution is 0.0996. The number of nitrogens with zero attached hydrogens (tertiary/aromatic N) is 1. The van der Waals surface area contributed by atoms with Gasteiger partial charge >= 0.3 is 0 Å². The summed E-state index contributed by atoms with van der Waals surface area (Å²) in [6.45, 7) is 0.540. The van der Waals surface area contributed by atoms with Gasteiger partial charge in [0.2, 0.25) is 0 Å². The molecule has 90 valence electrons. The number of nitrogens with two attached hydrogens (primary N) is 1. The molecule has 0 saturated heterocycles. The summed E-state index contributed by atoms with van der Waals surface area (Å²) >= 11 is 6.13. The second-order valence-corrected chi connectivity index (χ2v) is 4.67. The normalized spacial score (nSPS) is 13.8. The number of fused-ring (bicyclic) bond motifs is 1. The van der Waals surface area contributed by atoms with Crippen LogP contribution in [0.3, 0.4) is 0 Å². The number of carbonyl (C=O) groups excluding carboxylic acids is 1. The molecule has 0 fully saturated rings. The number of anilines is 2. The van der Waals surface area contributed by atoms with Crippen molar-refractivity contribution in [1.82, 2.24) is 0 Å². The van der Waals surface area contributed by atoms with Gasteiger partial charge in [-0.2, -0.15) is 0 Å². The van der Waals surface area contributed by atoms with Gasteiger partial charge in [-0.3, -0.25) is 4.79 Å². The van der Waals surface area contributed by atoms with Crippen LogP contribution in [0, 0.1) is 0 Å². The Kier molecular flexibility index (Phi) is 2.49. The maximum Gasteiger partial charge on any atom is 0.259 e. The molecule has 0 bridgehead atoms. The second kappa shape index (κ2) is 4.03. The molecule has 2 aromatic carbocycles. The number of halogens is 1. The van der Waals surface area contributed by atoms with Crippen molar-refractivity contribution >= 4 is 28.9 Å². The van der Waals surface area contributed by atoms with Gasteiger partial charge in [0.1, 0.15) is 0 Å². The lowest BCUT2D eigenvalue weighted by Crippen LogP contribution is -2.23. The highest BCUT2D eigenvalue weighted by molar-refractivity contribution is 6.34. The highest BCUT2D eigenvalue weighted by atomic mass is 35.5. The fourth-order valence-corrected chi connectivity index (χ4v) is 2.42. The fraction of sp³-hybridized carbons (Fsp3) is 0.0714. The van der Waals surface area contributed by atoms with Crippen molar-refractivity contribution in [2.45, 2.75) is 6.54 Å². The zero-order valence-corrected chi connectivity index (χ0v) is 10.3. The molecular weight excluding hydrogens is 248 g/mol. The summed E-state index contributed by atoms with van der Waals surface area (Å²) in [6.07, 6.45) is 0. The van der Waals surface area contributed by atoms with Crippen molar-refractivity contribution in [3.05, 3.63) is 58.6 Å². The monoisotopic (exact) mass is 258 g/mol. The molecule has 4 heteroatoms. The lowest BCUT2D eigenvalue weighted by atomic mass is 10.1. The van der Waals surface area contributed by atoms with Crippen LogP contribution in [0.15, 0.2) is 42.5 Å². The van der Waals surface area contributed by atoms with Crippen molar-refractivity contribution in [3.8, 4) is 0 Å². The molecule has 3 rings (SSSR count). The standard InChI is InChI=1S/C14H11ClN2O/c15-12-3-1-2-4-13(12)17-8-9-5-6-10(16)7-11(9)14(17)18/h1-7H,8,16H2. The summed E-state index contributed by atoms with van der Waals surface area (Å²) in [4.78, 5) is 14.0. The van der Waals surface area contributed by atoms with Crippen molar-refractivity contribution in [2.24, 2.45) is 0 Å². The summed E-state index contributed by atoms with van der Waals surface area (Å²) in [5.41, 5.74) is 8.69. The molecule has 0 unspecified atom stereocenters. The second-order valence-electron chi connectivity index (χ2n) is 4.26. The van der Waals surface area contributed by atoms with E-state index in [4.69, 9.17) is 17.3 Å². The van der Waals surface area contributed by atoms with E-state index in [0.717, 1.165) is 11.3 Å². The number of rotatable bonds is 1. The molecule has 0 aliphatic carbocycles. The van der Waals surface area contributed by atoms with Crippen LogP contribution in [-0.4, -0.2) is 5.91 Å². The van der Waals surface area contributed by atoms with Crippen LogP contribution >= 0.6 is 11.6 Å². The quantitative estimate of drug-likeness (QED) is 0.799. The van der Waals surface area contributed by atoms with Crippen LogP contribution in [0.1, 0.15) is 15.9 Å². The van der Waals surface area contributed by atoms with Gasteiger partial charge in [-0.05, 0) is 29.8 Å². The zero-order valence-electron chi connectivity index (χ0n) is 9.56. The van der Waals surface area contributed by atoms with E-state index in [1.807, 2.05) is 30.3 Å². The van der Waals surface area contributed by atoms with Gasteiger partial charge in [-0.1, -0.05) is 29.8 Å². The Labute approximate surface area is 110 Å². The van der Waals surface area contributed by atoms with Crippen LogP contribution in [-0.2, 0) is 6.54 Å². The Bertz CT molecular complexity index is 639. The minimum absolute atomic E-state index is 0.0506. The van der Waals surface area contributed by atoms with Gasteiger partial charge < -0.3 is 10.6 Å². The minimum atomic E-state index is -0.0506. The maximum atomic E-state index is 12.3. The first-order valence-electron chi connectivity index (χ1n) is 5.61. The third-order valence-electron chi connectivity index (χ3n) is 3.08. The van der Waals surface area contributed by atoms with Gasteiger partial charge in [0, 0.05) is 11.3 Å². The molecule has 1 heterocycles. The van der Waals surface area contributed by atoms with Gasteiger partial charge in [-0.15, -0.1) is 0 Å². The summed E-state index contributed by atoms with van der Waals surface area (Å²) in [7, 11) is 0. The molecule has 1 amide bonds. The van der Waals surface area contributed by atoms with E-state index in [1.54, 1.807) is 17.0 Å². The SMILES string of the molecule is Nc1ccc2c(c1)C(=O)N(c1ccccc1Cl)C2.